The largest absolute Gasteiger partial charge is 0.298 e. The summed E-state index contributed by atoms with van der Waals surface area (Å²) < 4.78 is 2.00. The van der Waals surface area contributed by atoms with Gasteiger partial charge in [-0.3, -0.25) is 10.1 Å². The van der Waals surface area contributed by atoms with Crippen LogP contribution in [0.1, 0.15) is 15.9 Å². The number of pyridine rings is 1. The normalized spacial score (nSPS) is 11.1. The van der Waals surface area contributed by atoms with E-state index in [4.69, 9.17) is 4.98 Å². The highest BCUT2D eigenvalue weighted by atomic mass is 79.9. The zero-order valence-electron chi connectivity index (χ0n) is 16.0. The summed E-state index contributed by atoms with van der Waals surface area (Å²) in [5, 5.41) is 4.41. The van der Waals surface area contributed by atoms with Gasteiger partial charge in [0.05, 0.1) is 27.0 Å². The van der Waals surface area contributed by atoms with Crippen LogP contribution in [0.5, 0.6) is 0 Å². The SMILES string of the molecule is Cc1c(-c2ccccc2)nc2ccccc2c1C(=O)Nc1nc2ccc(Br)cc2s1. The number of anilines is 1. The summed E-state index contributed by atoms with van der Waals surface area (Å²) in [4.78, 5) is 22.8. The number of nitrogens with one attached hydrogen (secondary N) is 1. The number of hydrogen-bond donors (Lipinski definition) is 1. The van der Waals surface area contributed by atoms with E-state index in [2.05, 4.69) is 26.2 Å². The first kappa shape index (κ1) is 18.9. The van der Waals surface area contributed by atoms with Crippen LogP contribution in [0, 0.1) is 6.92 Å². The lowest BCUT2D eigenvalue weighted by molar-refractivity contribution is 0.102. The number of halogens is 1. The Morgan fingerprint density at radius 2 is 1.70 bits per heavy atom. The van der Waals surface area contributed by atoms with Gasteiger partial charge in [-0.05, 0) is 36.8 Å². The summed E-state index contributed by atoms with van der Waals surface area (Å²) in [6.45, 7) is 1.95. The fourth-order valence-electron chi connectivity index (χ4n) is 3.59. The van der Waals surface area contributed by atoms with Gasteiger partial charge in [-0.1, -0.05) is 75.8 Å². The van der Waals surface area contributed by atoms with Gasteiger partial charge in [0.25, 0.3) is 5.91 Å². The molecule has 0 aliphatic carbocycles. The maximum absolute atomic E-state index is 13.4. The zero-order valence-corrected chi connectivity index (χ0v) is 18.4. The predicted octanol–water partition coefficient (Wildman–Crippen LogP) is 6.83. The number of carbonyl (C=O) groups excluding carboxylic acids is 1. The van der Waals surface area contributed by atoms with Gasteiger partial charge in [0.1, 0.15) is 0 Å². The van der Waals surface area contributed by atoms with E-state index in [0.29, 0.717) is 10.7 Å². The number of aromatic nitrogens is 2. The number of thiazole rings is 1. The summed E-state index contributed by atoms with van der Waals surface area (Å²) in [6.07, 6.45) is 0. The van der Waals surface area contributed by atoms with Crippen LogP contribution in [0.3, 0.4) is 0 Å². The van der Waals surface area contributed by atoms with Crippen LogP contribution in [-0.4, -0.2) is 15.9 Å². The average Bonchev–Trinajstić information content (AvgIpc) is 3.15. The fraction of sp³-hybridized carbons (Fsp3) is 0.0417. The summed E-state index contributed by atoms with van der Waals surface area (Å²) in [5.74, 6) is -0.179. The van der Waals surface area contributed by atoms with Crippen LogP contribution >= 0.6 is 27.3 Å². The molecule has 4 nitrogen and oxygen atoms in total. The van der Waals surface area contributed by atoms with Crippen molar-refractivity contribution in [2.24, 2.45) is 0 Å². The molecule has 1 amide bonds. The number of carbonyl (C=O) groups is 1. The van der Waals surface area contributed by atoms with E-state index in [-0.39, 0.29) is 5.91 Å². The number of fused-ring (bicyclic) bond motifs is 2. The number of benzene rings is 3. The lowest BCUT2D eigenvalue weighted by atomic mass is 9.97. The number of amides is 1. The Morgan fingerprint density at radius 1 is 0.933 bits per heavy atom. The lowest BCUT2D eigenvalue weighted by Gasteiger charge is -2.14. The van der Waals surface area contributed by atoms with Crippen molar-refractivity contribution in [2.75, 3.05) is 5.32 Å². The van der Waals surface area contributed by atoms with Crippen LogP contribution in [-0.2, 0) is 0 Å². The highest BCUT2D eigenvalue weighted by molar-refractivity contribution is 9.10. The molecule has 30 heavy (non-hydrogen) atoms. The van der Waals surface area contributed by atoms with E-state index < -0.39 is 0 Å². The first-order valence-corrected chi connectivity index (χ1v) is 11.0. The third kappa shape index (κ3) is 3.38. The maximum Gasteiger partial charge on any atom is 0.258 e. The number of para-hydroxylation sites is 1. The van der Waals surface area contributed by atoms with Crippen molar-refractivity contribution in [2.45, 2.75) is 6.92 Å². The highest BCUT2D eigenvalue weighted by Crippen LogP contribution is 2.32. The molecule has 0 unspecified atom stereocenters. The first-order chi connectivity index (χ1) is 14.6. The van der Waals surface area contributed by atoms with Gasteiger partial charge in [0.2, 0.25) is 0 Å². The van der Waals surface area contributed by atoms with Crippen LogP contribution < -0.4 is 5.32 Å². The zero-order chi connectivity index (χ0) is 20.7. The maximum atomic E-state index is 13.4. The molecule has 1 N–H and O–H groups in total. The molecule has 0 saturated heterocycles. The van der Waals surface area contributed by atoms with E-state index >= 15 is 0 Å². The minimum absolute atomic E-state index is 0.179. The Hall–Kier alpha value is -3.09. The van der Waals surface area contributed by atoms with Crippen molar-refractivity contribution >= 4 is 59.4 Å². The quantitative estimate of drug-likeness (QED) is 0.312. The van der Waals surface area contributed by atoms with E-state index in [1.54, 1.807) is 0 Å². The van der Waals surface area contributed by atoms with Crippen LogP contribution in [0.25, 0.3) is 32.4 Å². The van der Waals surface area contributed by atoms with Gasteiger partial charge in [-0.25, -0.2) is 9.97 Å². The monoisotopic (exact) mass is 473 g/mol. The van der Waals surface area contributed by atoms with Gasteiger partial charge >= 0.3 is 0 Å². The van der Waals surface area contributed by atoms with Crippen LogP contribution in [0.4, 0.5) is 5.13 Å². The van der Waals surface area contributed by atoms with E-state index in [1.807, 2.05) is 79.7 Å². The minimum Gasteiger partial charge on any atom is -0.298 e. The molecule has 0 radical (unpaired) electrons. The van der Waals surface area contributed by atoms with Crippen molar-refractivity contribution in [3.63, 3.8) is 0 Å². The summed E-state index contributed by atoms with van der Waals surface area (Å²) in [6, 6.07) is 23.6. The Bertz CT molecular complexity index is 1410. The van der Waals surface area contributed by atoms with Crippen molar-refractivity contribution in [3.05, 3.63) is 88.4 Å². The third-order valence-electron chi connectivity index (χ3n) is 4.98. The molecule has 6 heteroatoms. The average molecular weight is 474 g/mol. The van der Waals surface area contributed by atoms with Crippen LogP contribution in [0.15, 0.2) is 77.3 Å². The minimum atomic E-state index is -0.179. The molecule has 3 aromatic carbocycles. The topological polar surface area (TPSA) is 54.9 Å². The summed E-state index contributed by atoms with van der Waals surface area (Å²) >= 11 is 4.94. The smallest absolute Gasteiger partial charge is 0.258 e. The fourth-order valence-corrected chi connectivity index (χ4v) is 5.00. The second-order valence-corrected chi connectivity index (χ2v) is 8.88. The Kier molecular flexibility index (Phi) is 4.81. The third-order valence-corrected chi connectivity index (χ3v) is 6.41. The number of hydrogen-bond acceptors (Lipinski definition) is 4. The molecule has 0 spiro atoms. The van der Waals surface area contributed by atoms with E-state index in [1.165, 1.54) is 11.3 Å². The molecule has 0 atom stereocenters. The van der Waals surface area contributed by atoms with Gasteiger partial charge in [0.15, 0.2) is 5.13 Å². The molecular weight excluding hydrogens is 458 g/mol. The van der Waals surface area contributed by atoms with Crippen LogP contribution in [0.2, 0.25) is 0 Å². The molecule has 0 saturated carbocycles. The summed E-state index contributed by atoms with van der Waals surface area (Å²) in [5.41, 5.74) is 4.92. The molecular formula is C24H16BrN3OS. The molecule has 0 aliphatic heterocycles. The van der Waals surface area contributed by atoms with E-state index in [0.717, 1.165) is 42.4 Å². The molecule has 5 rings (SSSR count). The van der Waals surface area contributed by atoms with Gasteiger partial charge < -0.3 is 0 Å². The first-order valence-electron chi connectivity index (χ1n) is 9.42. The Balaban J connectivity index is 1.63. The molecule has 2 aromatic heterocycles. The number of rotatable bonds is 3. The number of nitrogens with zero attached hydrogens (tertiary/aromatic N) is 2. The van der Waals surface area contributed by atoms with Crippen molar-refractivity contribution in [1.29, 1.82) is 0 Å². The second kappa shape index (κ2) is 7.63. The second-order valence-electron chi connectivity index (χ2n) is 6.93. The van der Waals surface area contributed by atoms with Gasteiger partial charge in [-0.2, -0.15) is 0 Å². The molecule has 0 bridgehead atoms. The molecule has 0 aliphatic rings. The highest BCUT2D eigenvalue weighted by Gasteiger charge is 2.20. The van der Waals surface area contributed by atoms with Crippen molar-refractivity contribution < 1.29 is 4.79 Å². The molecule has 2 heterocycles. The molecule has 5 aromatic rings. The Labute approximate surface area is 185 Å². The van der Waals surface area contributed by atoms with E-state index in [9.17, 15) is 4.79 Å². The lowest BCUT2D eigenvalue weighted by Crippen LogP contribution is -2.15. The van der Waals surface area contributed by atoms with Gasteiger partial charge in [-0.15, -0.1) is 0 Å². The van der Waals surface area contributed by atoms with Crippen molar-refractivity contribution in [1.82, 2.24) is 9.97 Å². The van der Waals surface area contributed by atoms with Crippen molar-refractivity contribution in [3.8, 4) is 11.3 Å². The van der Waals surface area contributed by atoms with Gasteiger partial charge in [0, 0.05) is 15.4 Å². The Morgan fingerprint density at radius 3 is 2.53 bits per heavy atom. The molecule has 146 valence electrons. The summed E-state index contributed by atoms with van der Waals surface area (Å²) in [7, 11) is 0. The standard InChI is InChI=1S/C24H16BrN3OS/c1-14-21(23(29)28-24-27-19-12-11-16(25)13-20(19)30-24)17-9-5-6-10-18(17)26-22(14)15-7-3-2-4-8-15/h2-13H,1H3,(H,27,28,29). The molecule has 0 fully saturated rings. The predicted molar refractivity (Wildman–Crippen MR) is 127 cm³/mol.